The molecule has 2 heterocycles. The zero-order valence-electron chi connectivity index (χ0n) is 18.8. The Hall–Kier alpha value is -2.70. The van der Waals surface area contributed by atoms with Crippen molar-refractivity contribution >= 4 is 22.9 Å². The average Bonchev–Trinajstić information content (AvgIpc) is 3.48. The van der Waals surface area contributed by atoms with E-state index in [1.807, 2.05) is 36.4 Å². The maximum Gasteiger partial charge on any atom is 0.206 e. The van der Waals surface area contributed by atoms with Gasteiger partial charge in [0, 0.05) is 18.0 Å². The third-order valence-corrected chi connectivity index (χ3v) is 7.11. The van der Waals surface area contributed by atoms with E-state index in [9.17, 15) is 4.79 Å². The van der Waals surface area contributed by atoms with E-state index in [2.05, 4.69) is 35.9 Å². The van der Waals surface area contributed by atoms with Crippen molar-refractivity contribution in [1.82, 2.24) is 9.88 Å². The average molecular weight is 450 g/mol. The van der Waals surface area contributed by atoms with Crippen molar-refractivity contribution in [3.05, 3.63) is 75.1 Å². The van der Waals surface area contributed by atoms with E-state index in [1.165, 1.54) is 37.3 Å². The topological polar surface area (TPSA) is 68.5 Å². The van der Waals surface area contributed by atoms with Gasteiger partial charge in [0.2, 0.25) is 5.78 Å². The van der Waals surface area contributed by atoms with Gasteiger partial charge in [0.1, 0.15) is 28.1 Å². The van der Waals surface area contributed by atoms with Gasteiger partial charge in [-0.2, -0.15) is 0 Å². The number of nitrogen functional groups attached to an aromatic ring is 1. The maximum absolute atomic E-state index is 12.9. The second-order valence-electron chi connectivity index (χ2n) is 8.43. The fourth-order valence-corrected chi connectivity index (χ4v) is 5.04. The molecule has 3 aromatic rings. The van der Waals surface area contributed by atoms with E-state index >= 15 is 0 Å². The van der Waals surface area contributed by atoms with Crippen LogP contribution in [0.25, 0.3) is 0 Å². The maximum atomic E-state index is 12.9. The number of rotatable bonds is 9. The largest absolute Gasteiger partial charge is 0.492 e. The summed E-state index contributed by atoms with van der Waals surface area (Å²) in [6, 6.07) is 16.3. The second-order valence-corrected chi connectivity index (χ2v) is 9.51. The number of nitrogens with two attached hydrogens (primary N) is 1. The molecule has 4 rings (SSSR count). The molecule has 0 bridgehead atoms. The highest BCUT2D eigenvalue weighted by atomic mass is 32.1. The van der Waals surface area contributed by atoms with Crippen LogP contribution in [0.1, 0.15) is 58.1 Å². The molecule has 1 saturated heterocycles. The molecule has 0 amide bonds. The van der Waals surface area contributed by atoms with E-state index in [0.29, 0.717) is 35.3 Å². The van der Waals surface area contributed by atoms with Crippen LogP contribution in [-0.4, -0.2) is 41.4 Å². The number of aromatic nitrogens is 1. The van der Waals surface area contributed by atoms with E-state index in [0.717, 1.165) is 28.3 Å². The lowest BCUT2D eigenvalue weighted by atomic mass is 10.0. The van der Waals surface area contributed by atoms with E-state index < -0.39 is 0 Å². The molecular weight excluding hydrogens is 418 g/mol. The Morgan fingerprint density at radius 1 is 1.16 bits per heavy atom. The van der Waals surface area contributed by atoms with Crippen molar-refractivity contribution in [2.45, 2.75) is 45.6 Å². The Kier molecular flexibility index (Phi) is 7.22. The van der Waals surface area contributed by atoms with Crippen LogP contribution >= 0.6 is 11.3 Å². The number of nitrogens with zero attached hydrogens (tertiary/aromatic N) is 2. The van der Waals surface area contributed by atoms with Crippen LogP contribution in [0.2, 0.25) is 0 Å². The van der Waals surface area contributed by atoms with Gasteiger partial charge in [-0.3, -0.25) is 9.69 Å². The van der Waals surface area contributed by atoms with E-state index in [4.69, 9.17) is 10.5 Å². The van der Waals surface area contributed by atoms with E-state index in [-0.39, 0.29) is 5.78 Å². The molecule has 0 aliphatic carbocycles. The summed E-state index contributed by atoms with van der Waals surface area (Å²) in [4.78, 5) is 20.4. The summed E-state index contributed by atoms with van der Waals surface area (Å²) in [6.07, 6.45) is 4.11. The number of thiazole rings is 1. The summed E-state index contributed by atoms with van der Waals surface area (Å²) in [5.74, 6) is 1.13. The third kappa shape index (κ3) is 5.37. The summed E-state index contributed by atoms with van der Waals surface area (Å²) >= 11 is 1.38. The minimum Gasteiger partial charge on any atom is -0.492 e. The Labute approximate surface area is 194 Å². The SMILES string of the molecule is CCc1cccc(C(=O)c2sc(Cc3ccc(OC[C@@H](C)N4CCCC4)cc3)nc2N)c1. The van der Waals surface area contributed by atoms with Crippen LogP contribution < -0.4 is 10.5 Å². The lowest BCUT2D eigenvalue weighted by Gasteiger charge is -2.23. The van der Waals surface area contributed by atoms with Crippen molar-refractivity contribution in [2.24, 2.45) is 0 Å². The Morgan fingerprint density at radius 2 is 1.91 bits per heavy atom. The number of aryl methyl sites for hydroxylation is 1. The van der Waals surface area contributed by atoms with Crippen molar-refractivity contribution in [3.8, 4) is 5.75 Å². The summed E-state index contributed by atoms with van der Waals surface area (Å²) in [5.41, 5.74) is 9.02. The number of anilines is 1. The molecule has 1 atom stereocenters. The molecular formula is C26H31N3O2S. The number of likely N-dealkylation sites (tertiary alicyclic amines) is 1. The van der Waals surface area contributed by atoms with Crippen molar-refractivity contribution < 1.29 is 9.53 Å². The molecule has 6 heteroatoms. The normalized spacial score (nSPS) is 15.1. The molecule has 5 nitrogen and oxygen atoms in total. The fourth-order valence-electron chi connectivity index (χ4n) is 4.06. The van der Waals surface area contributed by atoms with Crippen molar-refractivity contribution in [2.75, 3.05) is 25.4 Å². The quantitative estimate of drug-likeness (QED) is 0.467. The molecule has 1 aromatic heterocycles. The molecule has 2 N–H and O–H groups in total. The first-order valence-corrected chi connectivity index (χ1v) is 12.2. The summed E-state index contributed by atoms with van der Waals surface area (Å²) in [7, 11) is 0. The van der Waals surface area contributed by atoms with Crippen LogP contribution in [0.15, 0.2) is 48.5 Å². The van der Waals surface area contributed by atoms with Crippen molar-refractivity contribution in [1.29, 1.82) is 0 Å². The molecule has 1 aliphatic rings. The van der Waals surface area contributed by atoms with Gasteiger partial charge < -0.3 is 10.5 Å². The van der Waals surface area contributed by atoms with E-state index in [1.54, 1.807) is 0 Å². The van der Waals surface area contributed by atoms with Crippen LogP contribution in [0.5, 0.6) is 5.75 Å². The lowest BCUT2D eigenvalue weighted by molar-refractivity contribution is 0.104. The molecule has 0 saturated carbocycles. The van der Waals surface area contributed by atoms with Gasteiger partial charge in [-0.15, -0.1) is 11.3 Å². The molecule has 2 aromatic carbocycles. The van der Waals surface area contributed by atoms with Gasteiger partial charge in [-0.25, -0.2) is 4.98 Å². The van der Waals surface area contributed by atoms with Gasteiger partial charge in [0.15, 0.2) is 0 Å². The standard InChI is InChI=1S/C26H31N3O2S/c1-3-19-7-6-8-21(15-19)24(30)25-26(27)28-23(32-25)16-20-9-11-22(12-10-20)31-17-18(2)29-13-4-5-14-29/h6-12,15,18H,3-5,13-14,16-17,27H2,1-2H3/t18-/m1/s1. The second kappa shape index (κ2) is 10.3. The first kappa shape index (κ1) is 22.5. The minimum atomic E-state index is -0.0579. The molecule has 32 heavy (non-hydrogen) atoms. The first-order valence-electron chi connectivity index (χ1n) is 11.4. The van der Waals surface area contributed by atoms with Crippen LogP contribution in [0, 0.1) is 0 Å². The third-order valence-electron chi connectivity index (χ3n) is 6.04. The summed E-state index contributed by atoms with van der Waals surface area (Å²) < 4.78 is 5.99. The fraction of sp³-hybridized carbons (Fsp3) is 0.385. The Morgan fingerprint density at radius 3 is 2.62 bits per heavy atom. The zero-order chi connectivity index (χ0) is 22.5. The molecule has 0 spiro atoms. The number of carbonyl (C=O) groups excluding carboxylic acids is 1. The highest BCUT2D eigenvalue weighted by Crippen LogP contribution is 2.27. The monoisotopic (exact) mass is 449 g/mol. The molecule has 168 valence electrons. The van der Waals surface area contributed by atoms with Crippen LogP contribution in [0.4, 0.5) is 5.82 Å². The summed E-state index contributed by atoms with van der Waals surface area (Å²) in [6.45, 7) is 7.36. The predicted molar refractivity (Wildman–Crippen MR) is 131 cm³/mol. The number of hydrogen-bond donors (Lipinski definition) is 1. The molecule has 0 radical (unpaired) electrons. The number of hydrogen-bond acceptors (Lipinski definition) is 6. The van der Waals surface area contributed by atoms with Gasteiger partial charge in [0.25, 0.3) is 0 Å². The van der Waals surface area contributed by atoms with Gasteiger partial charge in [-0.05, 0) is 68.6 Å². The van der Waals surface area contributed by atoms with Crippen LogP contribution in [-0.2, 0) is 12.8 Å². The zero-order valence-corrected chi connectivity index (χ0v) is 19.7. The van der Waals surface area contributed by atoms with Gasteiger partial charge >= 0.3 is 0 Å². The summed E-state index contributed by atoms with van der Waals surface area (Å²) in [5, 5.41) is 0.842. The van der Waals surface area contributed by atoms with Crippen LogP contribution in [0.3, 0.4) is 0 Å². The molecule has 1 fully saturated rings. The highest BCUT2D eigenvalue weighted by molar-refractivity contribution is 7.14. The molecule has 1 aliphatic heterocycles. The number of ether oxygens (including phenoxy) is 1. The lowest BCUT2D eigenvalue weighted by Crippen LogP contribution is -2.34. The number of carbonyl (C=O) groups is 1. The van der Waals surface area contributed by atoms with Gasteiger partial charge in [-0.1, -0.05) is 37.3 Å². The highest BCUT2D eigenvalue weighted by Gasteiger charge is 2.19. The molecule has 0 unspecified atom stereocenters. The van der Waals surface area contributed by atoms with Crippen molar-refractivity contribution in [3.63, 3.8) is 0 Å². The Bertz CT molecular complexity index is 1060. The first-order chi connectivity index (χ1) is 15.5. The Balaban J connectivity index is 1.37. The predicted octanol–water partition coefficient (Wildman–Crippen LogP) is 4.97. The smallest absolute Gasteiger partial charge is 0.206 e. The minimum absolute atomic E-state index is 0.0579. The number of benzene rings is 2. The number of ketones is 1. The van der Waals surface area contributed by atoms with Gasteiger partial charge in [0.05, 0.1) is 0 Å².